The van der Waals surface area contributed by atoms with Crippen molar-refractivity contribution in [3.05, 3.63) is 108 Å². The smallest absolute Gasteiger partial charge is 0.261 e. The van der Waals surface area contributed by atoms with E-state index in [1.54, 1.807) is 36.4 Å². The fourth-order valence-electron chi connectivity index (χ4n) is 2.93. The first-order valence-electron chi connectivity index (χ1n) is 9.18. The zero-order valence-corrected chi connectivity index (χ0v) is 15.7. The monoisotopic (exact) mass is 400 g/mol. The lowest BCUT2D eigenvalue weighted by Gasteiger charge is -2.12. The first-order valence-corrected chi connectivity index (χ1v) is 9.18. The minimum atomic E-state index is -0.555. The summed E-state index contributed by atoms with van der Waals surface area (Å²) in [7, 11) is 0. The van der Waals surface area contributed by atoms with Gasteiger partial charge in [-0.1, -0.05) is 42.5 Å². The first-order chi connectivity index (χ1) is 14.6. The topological polar surface area (TPSA) is 76.0 Å². The maximum atomic E-state index is 13.5. The molecule has 1 heterocycles. The molecular weight excluding hydrogens is 383 g/mol. The highest BCUT2D eigenvalue weighted by molar-refractivity contribution is 6.12. The van der Waals surface area contributed by atoms with Gasteiger partial charge in [-0.3, -0.25) is 9.59 Å². The molecule has 0 atom stereocenters. The number of carbonyl (C=O) groups is 2. The quantitative estimate of drug-likeness (QED) is 0.517. The van der Waals surface area contributed by atoms with Gasteiger partial charge in [0.15, 0.2) is 0 Å². The van der Waals surface area contributed by atoms with Crippen LogP contribution >= 0.6 is 0 Å². The molecule has 0 aliphatic carbocycles. The summed E-state index contributed by atoms with van der Waals surface area (Å²) in [6.45, 7) is 0. The molecule has 2 N–H and O–H groups in total. The standard InChI is InChI=1S/C23H17FN4O2/c24-17-9-7-8-16(14-17)22(29)27-21-20(23(30)26-18-10-3-1-4-11-18)15-25-28(21)19-12-5-2-6-13-19/h1-15H,(H,26,30)(H,27,29). The molecule has 30 heavy (non-hydrogen) atoms. The molecule has 0 fully saturated rings. The Labute approximate surface area is 172 Å². The largest absolute Gasteiger partial charge is 0.322 e. The molecule has 0 aliphatic rings. The van der Waals surface area contributed by atoms with Crippen molar-refractivity contribution in [1.29, 1.82) is 0 Å². The van der Waals surface area contributed by atoms with Crippen LogP contribution in [0.1, 0.15) is 20.7 Å². The molecule has 0 bridgehead atoms. The number of aromatic nitrogens is 2. The molecular formula is C23H17FN4O2. The van der Waals surface area contributed by atoms with Gasteiger partial charge in [-0.05, 0) is 42.5 Å². The van der Waals surface area contributed by atoms with Gasteiger partial charge in [-0.25, -0.2) is 9.07 Å². The van der Waals surface area contributed by atoms with Crippen LogP contribution in [0.5, 0.6) is 0 Å². The Morgan fingerprint density at radius 3 is 2.20 bits per heavy atom. The maximum absolute atomic E-state index is 13.5. The molecule has 0 aliphatic heterocycles. The summed E-state index contributed by atoms with van der Waals surface area (Å²) in [5.41, 5.74) is 1.57. The number of carbonyl (C=O) groups excluding carboxylic acids is 2. The van der Waals surface area contributed by atoms with E-state index in [2.05, 4.69) is 15.7 Å². The minimum absolute atomic E-state index is 0.130. The molecule has 0 saturated heterocycles. The summed E-state index contributed by atoms with van der Waals surface area (Å²) in [6, 6.07) is 23.3. The van der Waals surface area contributed by atoms with E-state index in [1.807, 2.05) is 24.3 Å². The Balaban J connectivity index is 1.71. The summed E-state index contributed by atoms with van der Waals surface area (Å²) in [4.78, 5) is 25.6. The molecule has 4 aromatic rings. The van der Waals surface area contributed by atoms with E-state index in [-0.39, 0.29) is 16.9 Å². The zero-order valence-electron chi connectivity index (χ0n) is 15.7. The molecule has 148 valence electrons. The van der Waals surface area contributed by atoms with Crippen LogP contribution in [0, 0.1) is 5.82 Å². The number of nitrogens with zero attached hydrogens (tertiary/aromatic N) is 2. The van der Waals surface area contributed by atoms with Gasteiger partial charge in [-0.2, -0.15) is 5.10 Å². The maximum Gasteiger partial charge on any atom is 0.261 e. The van der Waals surface area contributed by atoms with E-state index < -0.39 is 17.6 Å². The summed E-state index contributed by atoms with van der Waals surface area (Å²) >= 11 is 0. The highest BCUT2D eigenvalue weighted by Gasteiger charge is 2.21. The fraction of sp³-hybridized carbons (Fsp3) is 0. The lowest BCUT2D eigenvalue weighted by molar-refractivity contribution is 0.102. The third-order valence-electron chi connectivity index (χ3n) is 4.37. The van der Waals surface area contributed by atoms with Crippen LogP contribution in [0.3, 0.4) is 0 Å². The minimum Gasteiger partial charge on any atom is -0.322 e. The lowest BCUT2D eigenvalue weighted by Crippen LogP contribution is -2.19. The normalized spacial score (nSPS) is 10.4. The molecule has 1 aromatic heterocycles. The molecule has 4 rings (SSSR count). The van der Waals surface area contributed by atoms with Crippen LogP contribution < -0.4 is 10.6 Å². The molecule has 0 saturated carbocycles. The van der Waals surface area contributed by atoms with Crippen molar-refractivity contribution < 1.29 is 14.0 Å². The van der Waals surface area contributed by atoms with Gasteiger partial charge >= 0.3 is 0 Å². The highest BCUT2D eigenvalue weighted by atomic mass is 19.1. The second kappa shape index (κ2) is 8.40. The van der Waals surface area contributed by atoms with Crippen molar-refractivity contribution in [1.82, 2.24) is 9.78 Å². The summed E-state index contributed by atoms with van der Waals surface area (Å²) < 4.78 is 15.0. The summed E-state index contributed by atoms with van der Waals surface area (Å²) in [6.07, 6.45) is 1.38. The number of rotatable bonds is 5. The van der Waals surface area contributed by atoms with Crippen LogP contribution in [-0.2, 0) is 0 Å². The van der Waals surface area contributed by atoms with E-state index in [0.29, 0.717) is 11.4 Å². The molecule has 6 nitrogen and oxygen atoms in total. The zero-order chi connectivity index (χ0) is 20.9. The molecule has 0 radical (unpaired) electrons. The third kappa shape index (κ3) is 4.10. The number of nitrogens with one attached hydrogen (secondary N) is 2. The molecule has 0 unspecified atom stereocenters. The molecule has 7 heteroatoms. The van der Waals surface area contributed by atoms with Gasteiger partial charge in [-0.15, -0.1) is 0 Å². The summed E-state index contributed by atoms with van der Waals surface area (Å²) in [5.74, 6) is -1.33. The third-order valence-corrected chi connectivity index (χ3v) is 4.37. The van der Waals surface area contributed by atoms with E-state index in [4.69, 9.17) is 0 Å². The Hall–Kier alpha value is -4.26. The van der Waals surface area contributed by atoms with Gasteiger partial charge in [0, 0.05) is 11.3 Å². The van der Waals surface area contributed by atoms with Crippen molar-refractivity contribution in [2.45, 2.75) is 0 Å². The van der Waals surface area contributed by atoms with E-state index in [0.717, 1.165) is 6.07 Å². The Morgan fingerprint density at radius 1 is 0.800 bits per heavy atom. The van der Waals surface area contributed by atoms with Gasteiger partial charge in [0.25, 0.3) is 11.8 Å². The van der Waals surface area contributed by atoms with Crippen molar-refractivity contribution in [3.63, 3.8) is 0 Å². The van der Waals surface area contributed by atoms with Crippen LogP contribution in [0.4, 0.5) is 15.9 Å². The Kier molecular flexibility index (Phi) is 5.34. The number of hydrogen-bond donors (Lipinski definition) is 2. The van der Waals surface area contributed by atoms with Crippen molar-refractivity contribution in [2.24, 2.45) is 0 Å². The Bertz CT molecular complexity index is 1190. The molecule has 0 spiro atoms. The first kappa shape index (κ1) is 19.1. The average Bonchev–Trinajstić information content (AvgIpc) is 3.18. The number of halogens is 1. The number of benzene rings is 3. The number of amides is 2. The van der Waals surface area contributed by atoms with Gasteiger partial charge < -0.3 is 10.6 Å². The number of para-hydroxylation sites is 2. The van der Waals surface area contributed by atoms with E-state index in [1.165, 1.54) is 29.1 Å². The van der Waals surface area contributed by atoms with Gasteiger partial charge in [0.2, 0.25) is 0 Å². The average molecular weight is 400 g/mol. The van der Waals surface area contributed by atoms with Crippen molar-refractivity contribution in [2.75, 3.05) is 10.6 Å². The SMILES string of the molecule is O=C(Nc1c(C(=O)Nc2ccccc2)cnn1-c1ccccc1)c1cccc(F)c1. The second-order valence-corrected chi connectivity index (χ2v) is 6.44. The van der Waals surface area contributed by atoms with Crippen molar-refractivity contribution in [3.8, 4) is 5.69 Å². The van der Waals surface area contributed by atoms with Crippen LogP contribution in [0.2, 0.25) is 0 Å². The summed E-state index contributed by atoms with van der Waals surface area (Å²) in [5, 5.41) is 9.76. The predicted octanol–water partition coefficient (Wildman–Crippen LogP) is 4.52. The van der Waals surface area contributed by atoms with Crippen LogP contribution in [0.15, 0.2) is 91.1 Å². The van der Waals surface area contributed by atoms with E-state index >= 15 is 0 Å². The molecule has 3 aromatic carbocycles. The fourth-order valence-corrected chi connectivity index (χ4v) is 2.93. The number of anilines is 2. The second-order valence-electron chi connectivity index (χ2n) is 6.44. The van der Waals surface area contributed by atoms with Gasteiger partial charge in [0.05, 0.1) is 11.9 Å². The van der Waals surface area contributed by atoms with Crippen LogP contribution in [0.25, 0.3) is 5.69 Å². The Morgan fingerprint density at radius 2 is 1.50 bits per heavy atom. The number of hydrogen-bond acceptors (Lipinski definition) is 3. The predicted molar refractivity (Wildman–Crippen MR) is 112 cm³/mol. The molecule has 2 amide bonds. The highest BCUT2D eigenvalue weighted by Crippen LogP contribution is 2.22. The van der Waals surface area contributed by atoms with Gasteiger partial charge in [0.1, 0.15) is 17.2 Å². The lowest BCUT2D eigenvalue weighted by atomic mass is 10.2. The van der Waals surface area contributed by atoms with Crippen molar-refractivity contribution >= 4 is 23.3 Å². The van der Waals surface area contributed by atoms with E-state index in [9.17, 15) is 14.0 Å². The van der Waals surface area contributed by atoms with Crippen LogP contribution in [-0.4, -0.2) is 21.6 Å².